The van der Waals surface area contributed by atoms with Gasteiger partial charge in [0, 0.05) is 17.7 Å². The highest BCUT2D eigenvalue weighted by molar-refractivity contribution is 5.90. The monoisotopic (exact) mass is 681 g/mol. The molecule has 4 N–H and O–H groups in total. The standard InChI is InChI=1S/C37H39N5O8/c1-18(2)29(43)32(45)38-24-16-19-13-14-26-22(15-19)37(21-11-7-8-12-23(21)40-36(37)49-26)30-28(33-39-25(17-48-33)35(46)47-3)42-34(50-30)27(41-31(24)44)20-9-5-4-6-10-20/h7-8,11-15,17-18,20,24,27,29,36,40,43H,4-6,9-10,16H2,1-3H3,(H,38,45)(H,41,44)/t24-,27-,29-,36+,37?/m0/s1. The van der Waals surface area contributed by atoms with Crippen LogP contribution in [-0.2, 0) is 26.2 Å². The summed E-state index contributed by atoms with van der Waals surface area (Å²) < 4.78 is 24.4. The van der Waals surface area contributed by atoms with Crippen LogP contribution in [-0.4, -0.2) is 58.3 Å². The Morgan fingerprint density at radius 3 is 2.64 bits per heavy atom. The Morgan fingerprint density at radius 1 is 1.06 bits per heavy atom. The molecular formula is C37H39N5O8. The number of fused-ring (bicyclic) bond motifs is 4. The predicted molar refractivity (Wildman–Crippen MR) is 178 cm³/mol. The van der Waals surface area contributed by atoms with E-state index < -0.39 is 47.6 Å². The summed E-state index contributed by atoms with van der Waals surface area (Å²) in [6.45, 7) is 3.49. The summed E-state index contributed by atoms with van der Waals surface area (Å²) >= 11 is 0. The fourth-order valence-electron chi connectivity index (χ4n) is 7.92. The molecule has 1 fully saturated rings. The number of amides is 2. The van der Waals surface area contributed by atoms with Gasteiger partial charge in [0.15, 0.2) is 23.4 Å². The number of esters is 1. The highest BCUT2D eigenvalue weighted by atomic mass is 16.5. The predicted octanol–water partition coefficient (Wildman–Crippen LogP) is 4.39. The highest BCUT2D eigenvalue weighted by Crippen LogP contribution is 2.59. The first-order chi connectivity index (χ1) is 24.2. The summed E-state index contributed by atoms with van der Waals surface area (Å²) in [5, 5.41) is 20.2. The van der Waals surface area contributed by atoms with Gasteiger partial charge in [-0.05, 0) is 47.9 Å². The molecule has 4 aliphatic rings. The topological polar surface area (TPSA) is 178 Å². The molecule has 1 unspecified atom stereocenters. The number of aromatic nitrogens is 2. The molecule has 2 aromatic carbocycles. The van der Waals surface area contributed by atoms with Gasteiger partial charge >= 0.3 is 5.97 Å². The first-order valence-corrected chi connectivity index (χ1v) is 17.2. The van der Waals surface area contributed by atoms with Crippen LogP contribution in [0.2, 0.25) is 0 Å². The summed E-state index contributed by atoms with van der Waals surface area (Å²) in [6.07, 6.45) is 4.14. The van der Waals surface area contributed by atoms with Crippen molar-refractivity contribution in [2.45, 2.75) is 82.2 Å². The lowest BCUT2D eigenvalue weighted by molar-refractivity contribution is -0.136. The van der Waals surface area contributed by atoms with Crippen LogP contribution in [0.5, 0.6) is 5.75 Å². The number of carbonyl (C=O) groups excluding carboxylic acids is 3. The Kier molecular flexibility index (Phi) is 7.89. The number of ether oxygens (including phenoxy) is 2. The minimum absolute atomic E-state index is 0.0155. The van der Waals surface area contributed by atoms with E-state index in [-0.39, 0.29) is 41.4 Å². The maximum Gasteiger partial charge on any atom is 0.360 e. The van der Waals surface area contributed by atoms with Crippen LogP contribution in [0, 0.1) is 11.8 Å². The number of nitrogens with one attached hydrogen (secondary N) is 3. The van der Waals surface area contributed by atoms with Crippen LogP contribution >= 0.6 is 0 Å². The molecule has 13 heteroatoms. The second-order valence-corrected chi connectivity index (χ2v) is 13.9. The van der Waals surface area contributed by atoms with Gasteiger partial charge in [0.2, 0.25) is 23.6 Å². The quantitative estimate of drug-likeness (QED) is 0.212. The average molecular weight is 682 g/mol. The number of oxazole rings is 2. The zero-order valence-electron chi connectivity index (χ0n) is 28.0. The highest BCUT2D eigenvalue weighted by Gasteiger charge is 2.61. The molecule has 5 heterocycles. The van der Waals surface area contributed by atoms with Crippen molar-refractivity contribution in [3.63, 3.8) is 0 Å². The maximum absolute atomic E-state index is 14.3. The van der Waals surface area contributed by atoms with Crippen LogP contribution < -0.4 is 20.7 Å². The number of benzene rings is 2. The lowest BCUT2D eigenvalue weighted by atomic mass is 9.72. The van der Waals surface area contributed by atoms with Crippen molar-refractivity contribution in [3.05, 3.63) is 82.8 Å². The number of rotatable bonds is 6. The summed E-state index contributed by atoms with van der Waals surface area (Å²) in [6, 6.07) is 11.9. The molecule has 4 bridgehead atoms. The minimum Gasteiger partial charge on any atom is -0.469 e. The Labute approximate surface area is 288 Å². The van der Waals surface area contributed by atoms with E-state index in [2.05, 4.69) is 20.9 Å². The van der Waals surface area contributed by atoms with Gasteiger partial charge in [0.1, 0.15) is 35.6 Å². The van der Waals surface area contributed by atoms with Gasteiger partial charge in [-0.25, -0.2) is 14.8 Å². The van der Waals surface area contributed by atoms with Gasteiger partial charge in [-0.1, -0.05) is 63.4 Å². The number of para-hydroxylation sites is 1. The zero-order chi connectivity index (χ0) is 34.7. The van der Waals surface area contributed by atoms with Crippen LogP contribution in [0.1, 0.15) is 90.8 Å². The van der Waals surface area contributed by atoms with Crippen LogP contribution in [0.4, 0.5) is 5.69 Å². The van der Waals surface area contributed by atoms with Crippen LogP contribution in [0.25, 0.3) is 11.6 Å². The van der Waals surface area contributed by atoms with Crippen molar-refractivity contribution in [1.82, 2.24) is 20.6 Å². The van der Waals surface area contributed by atoms with Crippen molar-refractivity contribution >= 4 is 23.5 Å². The lowest BCUT2D eigenvalue weighted by Gasteiger charge is -2.31. The molecule has 4 aromatic rings. The summed E-state index contributed by atoms with van der Waals surface area (Å²) in [7, 11) is 1.27. The van der Waals surface area contributed by atoms with E-state index in [1.807, 2.05) is 42.5 Å². The van der Waals surface area contributed by atoms with Crippen LogP contribution in [0.15, 0.2) is 57.6 Å². The van der Waals surface area contributed by atoms with Crippen molar-refractivity contribution in [1.29, 1.82) is 0 Å². The van der Waals surface area contributed by atoms with Gasteiger partial charge in [-0.15, -0.1) is 0 Å². The van der Waals surface area contributed by atoms with Crippen molar-refractivity contribution in [3.8, 4) is 17.3 Å². The van der Waals surface area contributed by atoms with E-state index in [4.69, 9.17) is 23.3 Å². The fraction of sp³-hybridized carbons (Fsp3) is 0.432. The number of nitrogens with zero attached hydrogens (tertiary/aromatic N) is 2. The van der Waals surface area contributed by atoms with E-state index in [1.54, 1.807) is 13.8 Å². The van der Waals surface area contributed by atoms with Gasteiger partial charge in [0.05, 0.1) is 7.11 Å². The van der Waals surface area contributed by atoms with Crippen LogP contribution in [0.3, 0.4) is 0 Å². The minimum atomic E-state index is -1.29. The van der Waals surface area contributed by atoms with Crippen molar-refractivity contribution in [2.24, 2.45) is 11.8 Å². The summed E-state index contributed by atoms with van der Waals surface area (Å²) in [4.78, 5) is 49.5. The van der Waals surface area contributed by atoms with Gasteiger partial charge in [0.25, 0.3) is 0 Å². The molecule has 3 aliphatic heterocycles. The van der Waals surface area contributed by atoms with E-state index in [1.165, 1.54) is 13.4 Å². The number of hydrogen-bond acceptors (Lipinski definition) is 11. The molecule has 1 aliphatic carbocycles. The molecule has 260 valence electrons. The molecule has 1 saturated carbocycles. The smallest absolute Gasteiger partial charge is 0.360 e. The number of anilines is 1. The second kappa shape index (κ2) is 12.3. The Morgan fingerprint density at radius 2 is 1.86 bits per heavy atom. The number of methoxy groups -OCH3 is 1. The molecule has 0 radical (unpaired) electrons. The average Bonchev–Trinajstić information content (AvgIpc) is 3.91. The van der Waals surface area contributed by atoms with Gasteiger partial charge in [-0.3, -0.25) is 9.59 Å². The van der Waals surface area contributed by atoms with Gasteiger partial charge < -0.3 is 39.4 Å². The zero-order valence-corrected chi connectivity index (χ0v) is 28.0. The number of carbonyl (C=O) groups is 3. The molecule has 8 rings (SSSR count). The molecule has 50 heavy (non-hydrogen) atoms. The van der Waals surface area contributed by atoms with Crippen molar-refractivity contribution < 1.29 is 37.8 Å². The Hall–Kier alpha value is -5.17. The summed E-state index contributed by atoms with van der Waals surface area (Å²) in [5.74, 6) is -0.770. The SMILES string of the molecule is COC(=O)c1coc(-c2nc3oc2C24c5ccccc5N[C@@H]2Oc2ccc(cc24)C[C@H](NC(=O)[C@@H](O)C(C)C)C(=O)N[C@H]3C2CCCCC2)n1. The number of aliphatic hydroxyl groups is 1. The fourth-order valence-corrected chi connectivity index (χ4v) is 7.92. The molecule has 2 amide bonds. The van der Waals surface area contributed by atoms with E-state index in [0.29, 0.717) is 11.5 Å². The number of hydrogen-bond donors (Lipinski definition) is 4. The Balaban J connectivity index is 1.37. The number of aliphatic hydroxyl groups excluding tert-OH is 1. The molecule has 0 saturated heterocycles. The molecule has 2 aromatic heterocycles. The third-order valence-electron chi connectivity index (χ3n) is 10.5. The first kappa shape index (κ1) is 32.1. The van der Waals surface area contributed by atoms with E-state index in [9.17, 15) is 19.5 Å². The summed E-state index contributed by atoms with van der Waals surface area (Å²) in [5.41, 5.74) is 2.40. The maximum atomic E-state index is 14.3. The molecule has 1 spiro atoms. The van der Waals surface area contributed by atoms with Gasteiger partial charge in [-0.2, -0.15) is 0 Å². The second-order valence-electron chi connectivity index (χ2n) is 13.9. The van der Waals surface area contributed by atoms with E-state index in [0.717, 1.165) is 54.5 Å². The Bertz CT molecular complexity index is 1980. The van der Waals surface area contributed by atoms with E-state index >= 15 is 0 Å². The molecule has 5 atom stereocenters. The largest absolute Gasteiger partial charge is 0.469 e. The lowest BCUT2D eigenvalue weighted by Crippen LogP contribution is -2.53. The third-order valence-corrected chi connectivity index (χ3v) is 10.5. The third kappa shape index (κ3) is 5.05. The first-order valence-electron chi connectivity index (χ1n) is 17.2. The molecular weight excluding hydrogens is 642 g/mol. The molecule has 13 nitrogen and oxygen atoms in total. The van der Waals surface area contributed by atoms with Crippen molar-refractivity contribution in [2.75, 3.05) is 12.4 Å². The normalized spacial score (nSPS) is 24.5.